The minimum Gasteiger partial charge on any atom is -0.480 e. The van der Waals surface area contributed by atoms with Crippen molar-refractivity contribution in [1.29, 1.82) is 0 Å². The Morgan fingerprint density at radius 2 is 1.50 bits per heavy atom. The predicted molar refractivity (Wildman–Crippen MR) is 88.1 cm³/mol. The molecule has 0 aromatic rings. The topological polar surface area (TPSA) is 72.8 Å². The molecular formula is C19H30O5. The molecule has 0 aromatic carbocycles. The summed E-state index contributed by atoms with van der Waals surface area (Å²) in [5.41, 5.74) is -1.55. The van der Waals surface area contributed by atoms with Gasteiger partial charge in [-0.05, 0) is 69.6 Å². The Morgan fingerprint density at radius 3 is 1.92 bits per heavy atom. The summed E-state index contributed by atoms with van der Waals surface area (Å²) in [6.07, 6.45) is 5.81. The van der Waals surface area contributed by atoms with Crippen LogP contribution < -0.4 is 0 Å². The number of carboxylic acid groups (broad SMARTS) is 1. The first kappa shape index (κ1) is 17.7. The van der Waals surface area contributed by atoms with E-state index in [0.717, 1.165) is 11.8 Å². The van der Waals surface area contributed by atoms with Crippen molar-refractivity contribution in [1.82, 2.24) is 0 Å². The third-order valence-corrected chi connectivity index (χ3v) is 6.24. The van der Waals surface area contributed by atoms with Crippen LogP contribution in [-0.4, -0.2) is 29.4 Å². The number of hydrogen-bond donors (Lipinski definition) is 1. The van der Waals surface area contributed by atoms with Gasteiger partial charge in [-0.1, -0.05) is 13.8 Å². The van der Waals surface area contributed by atoms with Gasteiger partial charge in [0, 0.05) is 5.92 Å². The molecule has 4 aliphatic carbocycles. The quantitative estimate of drug-likeness (QED) is 0.456. The lowest BCUT2D eigenvalue weighted by molar-refractivity contribution is -0.241. The van der Waals surface area contributed by atoms with Crippen molar-refractivity contribution in [2.24, 2.45) is 35.0 Å². The number of esters is 1. The van der Waals surface area contributed by atoms with Crippen molar-refractivity contribution in [3.05, 3.63) is 0 Å². The zero-order valence-electron chi connectivity index (χ0n) is 15.2. The average Bonchev–Trinajstić information content (AvgIpc) is 2.48. The molecule has 4 aliphatic rings. The SMILES string of the molecule is CC(C)C(OC(=O)C(C)(C)C(=O)O)OC1C2CC3CC(C2)CC1C3. The maximum absolute atomic E-state index is 12.3. The van der Waals surface area contributed by atoms with E-state index in [0.29, 0.717) is 11.8 Å². The number of ether oxygens (including phenoxy) is 2. The van der Waals surface area contributed by atoms with E-state index in [-0.39, 0.29) is 12.0 Å². The van der Waals surface area contributed by atoms with Crippen LogP contribution in [0.25, 0.3) is 0 Å². The molecule has 24 heavy (non-hydrogen) atoms. The molecule has 4 fully saturated rings. The molecule has 5 nitrogen and oxygen atoms in total. The third-order valence-electron chi connectivity index (χ3n) is 6.24. The number of aliphatic carboxylic acids is 1. The summed E-state index contributed by atoms with van der Waals surface area (Å²) in [5.74, 6) is 0.969. The highest BCUT2D eigenvalue weighted by Gasteiger charge is 2.50. The molecule has 0 aromatic heterocycles. The minimum atomic E-state index is -1.55. The van der Waals surface area contributed by atoms with E-state index in [1.165, 1.54) is 46.0 Å². The summed E-state index contributed by atoms with van der Waals surface area (Å²) in [7, 11) is 0. The lowest BCUT2D eigenvalue weighted by Gasteiger charge is -2.54. The summed E-state index contributed by atoms with van der Waals surface area (Å²) in [6, 6.07) is 0. The standard InChI is InChI=1S/C19H30O5/c1-10(2)16(24-18(22)19(3,4)17(20)21)23-15-13-6-11-5-12(8-13)9-14(15)7-11/h10-16H,5-9H2,1-4H3,(H,20,21). The van der Waals surface area contributed by atoms with Crippen molar-refractivity contribution in [3.63, 3.8) is 0 Å². The number of hydrogen-bond acceptors (Lipinski definition) is 4. The third kappa shape index (κ3) is 3.19. The van der Waals surface area contributed by atoms with Gasteiger partial charge in [0.05, 0.1) is 6.10 Å². The van der Waals surface area contributed by atoms with E-state index in [4.69, 9.17) is 9.47 Å². The Bertz CT molecular complexity index is 482. The summed E-state index contributed by atoms with van der Waals surface area (Å²) in [4.78, 5) is 23.5. The molecule has 0 saturated heterocycles. The second-order valence-electron chi connectivity index (χ2n) is 8.98. The summed E-state index contributed by atoms with van der Waals surface area (Å²) >= 11 is 0. The second kappa shape index (κ2) is 6.32. The van der Waals surface area contributed by atoms with Gasteiger partial charge in [-0.3, -0.25) is 9.59 Å². The molecule has 0 aliphatic heterocycles. The molecule has 1 atom stereocenters. The van der Waals surface area contributed by atoms with E-state index < -0.39 is 23.6 Å². The van der Waals surface area contributed by atoms with Crippen LogP contribution in [0.4, 0.5) is 0 Å². The van der Waals surface area contributed by atoms with Crippen molar-refractivity contribution < 1.29 is 24.2 Å². The fourth-order valence-corrected chi connectivity index (χ4v) is 4.91. The monoisotopic (exact) mass is 338 g/mol. The molecule has 0 heterocycles. The van der Waals surface area contributed by atoms with Crippen LogP contribution in [0.5, 0.6) is 0 Å². The van der Waals surface area contributed by atoms with Gasteiger partial charge in [0.2, 0.25) is 6.29 Å². The molecular weight excluding hydrogens is 308 g/mol. The second-order valence-corrected chi connectivity index (χ2v) is 8.98. The molecule has 136 valence electrons. The zero-order valence-corrected chi connectivity index (χ0v) is 15.2. The Labute approximate surface area is 144 Å². The van der Waals surface area contributed by atoms with Crippen molar-refractivity contribution in [2.45, 2.75) is 72.2 Å². The zero-order chi connectivity index (χ0) is 17.6. The van der Waals surface area contributed by atoms with Crippen LogP contribution in [-0.2, 0) is 19.1 Å². The Balaban J connectivity index is 1.67. The Morgan fingerprint density at radius 1 is 1.00 bits per heavy atom. The maximum atomic E-state index is 12.3. The van der Waals surface area contributed by atoms with Gasteiger partial charge < -0.3 is 14.6 Å². The molecule has 0 spiro atoms. The van der Waals surface area contributed by atoms with Crippen molar-refractivity contribution in [3.8, 4) is 0 Å². The summed E-state index contributed by atoms with van der Waals surface area (Å²) in [6.45, 7) is 6.64. The van der Waals surface area contributed by atoms with Gasteiger partial charge in [-0.25, -0.2) is 0 Å². The first-order valence-corrected chi connectivity index (χ1v) is 9.28. The highest BCUT2D eigenvalue weighted by molar-refractivity contribution is 5.98. The lowest BCUT2D eigenvalue weighted by Crippen LogP contribution is -2.51. The molecule has 5 heteroatoms. The molecule has 0 radical (unpaired) electrons. The number of carboxylic acids is 1. The first-order valence-electron chi connectivity index (χ1n) is 9.28. The average molecular weight is 338 g/mol. The van der Waals surface area contributed by atoms with Gasteiger partial charge in [0.15, 0.2) is 5.41 Å². The van der Waals surface area contributed by atoms with Crippen molar-refractivity contribution in [2.75, 3.05) is 0 Å². The van der Waals surface area contributed by atoms with Crippen LogP contribution >= 0.6 is 0 Å². The van der Waals surface area contributed by atoms with E-state index in [1.54, 1.807) is 0 Å². The maximum Gasteiger partial charge on any atom is 0.325 e. The van der Waals surface area contributed by atoms with Crippen molar-refractivity contribution >= 4 is 11.9 Å². The van der Waals surface area contributed by atoms with E-state index in [2.05, 4.69) is 0 Å². The molecule has 1 unspecified atom stereocenters. The van der Waals surface area contributed by atoms with Gasteiger partial charge >= 0.3 is 11.9 Å². The highest BCUT2D eigenvalue weighted by atomic mass is 16.7. The predicted octanol–water partition coefficient (Wildman–Crippen LogP) is 3.46. The molecule has 0 amide bonds. The molecule has 4 saturated carbocycles. The summed E-state index contributed by atoms with van der Waals surface area (Å²) in [5, 5.41) is 9.21. The smallest absolute Gasteiger partial charge is 0.325 e. The van der Waals surface area contributed by atoms with Crippen LogP contribution in [0.2, 0.25) is 0 Å². The van der Waals surface area contributed by atoms with E-state index >= 15 is 0 Å². The summed E-state index contributed by atoms with van der Waals surface area (Å²) < 4.78 is 11.8. The van der Waals surface area contributed by atoms with Gasteiger partial charge in [-0.15, -0.1) is 0 Å². The number of carbonyl (C=O) groups excluding carboxylic acids is 1. The van der Waals surface area contributed by atoms with Crippen LogP contribution in [0.15, 0.2) is 0 Å². The molecule has 4 bridgehead atoms. The van der Waals surface area contributed by atoms with E-state index in [9.17, 15) is 14.7 Å². The minimum absolute atomic E-state index is 0.00395. The van der Waals surface area contributed by atoms with Crippen LogP contribution in [0.3, 0.4) is 0 Å². The van der Waals surface area contributed by atoms with Crippen LogP contribution in [0, 0.1) is 35.0 Å². The van der Waals surface area contributed by atoms with E-state index in [1.807, 2.05) is 13.8 Å². The number of carbonyl (C=O) groups is 2. The lowest BCUT2D eigenvalue weighted by atomic mass is 9.55. The number of rotatable bonds is 6. The van der Waals surface area contributed by atoms with Gasteiger partial charge in [0.25, 0.3) is 0 Å². The molecule has 1 N–H and O–H groups in total. The van der Waals surface area contributed by atoms with Crippen LogP contribution in [0.1, 0.15) is 59.8 Å². The first-order chi connectivity index (χ1) is 11.2. The fourth-order valence-electron chi connectivity index (χ4n) is 4.91. The fraction of sp³-hybridized carbons (Fsp3) is 0.895. The Kier molecular flexibility index (Phi) is 4.67. The molecule has 4 rings (SSSR count). The normalized spacial score (nSPS) is 36.0. The van der Waals surface area contributed by atoms with Gasteiger partial charge in [-0.2, -0.15) is 0 Å². The largest absolute Gasteiger partial charge is 0.480 e. The Hall–Kier alpha value is -1.10. The van der Waals surface area contributed by atoms with Gasteiger partial charge in [0.1, 0.15) is 0 Å². The highest BCUT2D eigenvalue weighted by Crippen LogP contribution is 2.55.